The molecule has 4 aliphatic rings. The van der Waals surface area contributed by atoms with Crippen molar-refractivity contribution in [2.45, 2.75) is 64.1 Å². The number of carbonyl (C=O) groups excluding carboxylic acids is 4. The third-order valence-corrected chi connectivity index (χ3v) is 12.0. The Morgan fingerprint density at radius 3 is 2.58 bits per heavy atom. The van der Waals surface area contributed by atoms with Crippen molar-refractivity contribution in [3.05, 3.63) is 82.7 Å². The van der Waals surface area contributed by atoms with Gasteiger partial charge in [-0.05, 0) is 81.0 Å². The lowest BCUT2D eigenvalue weighted by Gasteiger charge is -2.39. The zero-order valence-electron chi connectivity index (χ0n) is 35.0. The number of imide groups is 1. The molecule has 15 nitrogen and oxygen atoms in total. The molecule has 2 saturated heterocycles. The number of nitrogens with one attached hydrogen (secondary N) is 3. The maximum absolute atomic E-state index is 15.9. The maximum Gasteiger partial charge on any atom is 0.280 e. The second kappa shape index (κ2) is 17.6. The molecule has 0 radical (unpaired) electrons. The van der Waals surface area contributed by atoms with Crippen molar-refractivity contribution in [3.63, 3.8) is 0 Å². The van der Waals surface area contributed by atoms with E-state index in [1.165, 1.54) is 4.90 Å². The minimum atomic E-state index is -1.36. The van der Waals surface area contributed by atoms with Crippen molar-refractivity contribution < 1.29 is 37.1 Å². The van der Waals surface area contributed by atoms with Gasteiger partial charge in [0.05, 0.1) is 47.4 Å². The minimum absolute atomic E-state index is 0.00235. The van der Waals surface area contributed by atoms with Crippen LogP contribution in [0.1, 0.15) is 76.9 Å². The number of halogens is 3. The van der Waals surface area contributed by atoms with Crippen molar-refractivity contribution in [1.82, 2.24) is 29.9 Å². The van der Waals surface area contributed by atoms with E-state index in [-0.39, 0.29) is 49.0 Å². The van der Waals surface area contributed by atoms with Crippen LogP contribution in [0.4, 0.5) is 30.2 Å². The molecular formula is C44H49F3N10O5. The van der Waals surface area contributed by atoms with Crippen LogP contribution in [0.25, 0.3) is 11.3 Å². The number of likely N-dealkylation sites (tertiary alicyclic amines) is 1. The van der Waals surface area contributed by atoms with Crippen LogP contribution in [0.15, 0.2) is 53.7 Å². The fraction of sp³-hybridized carbons (Fsp3) is 0.432. The third kappa shape index (κ3) is 8.73. The van der Waals surface area contributed by atoms with Crippen LogP contribution in [-0.2, 0) is 16.6 Å². The first-order valence-corrected chi connectivity index (χ1v) is 20.9. The summed E-state index contributed by atoms with van der Waals surface area (Å²) in [6.45, 7) is 6.05. The van der Waals surface area contributed by atoms with Gasteiger partial charge < -0.3 is 25.2 Å². The quantitative estimate of drug-likeness (QED) is 0.203. The molecule has 326 valence electrons. The molecule has 3 N–H and O–H groups in total. The molecule has 0 unspecified atom stereocenters. The van der Waals surface area contributed by atoms with E-state index in [1.807, 2.05) is 16.7 Å². The number of alkyl halides is 1. The number of aryl methyl sites for hydroxylation is 2. The van der Waals surface area contributed by atoms with Gasteiger partial charge in [-0.3, -0.25) is 34.4 Å². The van der Waals surface area contributed by atoms with E-state index in [9.17, 15) is 19.2 Å². The maximum atomic E-state index is 15.9. The Morgan fingerprint density at radius 2 is 1.82 bits per heavy atom. The van der Waals surface area contributed by atoms with Gasteiger partial charge in [0.1, 0.15) is 17.8 Å². The lowest BCUT2D eigenvalue weighted by Crippen LogP contribution is -2.53. The molecule has 4 aliphatic heterocycles. The van der Waals surface area contributed by atoms with Crippen LogP contribution >= 0.6 is 0 Å². The fourth-order valence-corrected chi connectivity index (χ4v) is 8.73. The summed E-state index contributed by atoms with van der Waals surface area (Å²) in [5, 5.41) is 12.8. The number of aromatic nitrogens is 3. The molecule has 0 aliphatic carbocycles. The Labute approximate surface area is 356 Å². The fourth-order valence-electron chi connectivity index (χ4n) is 8.73. The Kier molecular flexibility index (Phi) is 12.0. The zero-order valence-corrected chi connectivity index (χ0v) is 35.0. The second-order valence-corrected chi connectivity index (χ2v) is 16.5. The van der Waals surface area contributed by atoms with Crippen molar-refractivity contribution in [3.8, 4) is 17.1 Å². The normalized spacial score (nSPS) is 22.7. The Balaban J connectivity index is 0.919. The van der Waals surface area contributed by atoms with E-state index in [0.717, 1.165) is 25.0 Å². The van der Waals surface area contributed by atoms with Crippen LogP contribution in [0, 0.1) is 24.5 Å². The molecule has 62 heavy (non-hydrogen) atoms. The summed E-state index contributed by atoms with van der Waals surface area (Å²) in [7, 11) is 3.40. The summed E-state index contributed by atoms with van der Waals surface area (Å²) in [6, 6.07) is 10.1. The van der Waals surface area contributed by atoms with E-state index < -0.39 is 47.5 Å². The summed E-state index contributed by atoms with van der Waals surface area (Å²) in [5.41, 5.74) is 3.73. The Morgan fingerprint density at radius 1 is 1.03 bits per heavy atom. The number of benzene rings is 2. The van der Waals surface area contributed by atoms with Crippen LogP contribution < -0.4 is 25.6 Å². The number of hydrogen-bond acceptors (Lipinski definition) is 11. The summed E-state index contributed by atoms with van der Waals surface area (Å²) < 4.78 is 53.7. The lowest BCUT2D eigenvalue weighted by molar-refractivity contribution is -0.134. The van der Waals surface area contributed by atoms with Gasteiger partial charge in [0.2, 0.25) is 23.7 Å². The monoisotopic (exact) mass is 854 g/mol. The Hall–Kier alpha value is -6.30. The highest BCUT2D eigenvalue weighted by atomic mass is 19.1. The van der Waals surface area contributed by atoms with Gasteiger partial charge in [0.25, 0.3) is 11.8 Å². The predicted octanol–water partition coefficient (Wildman–Crippen LogP) is 5.42. The molecule has 2 fully saturated rings. The van der Waals surface area contributed by atoms with E-state index >= 15 is 13.2 Å². The van der Waals surface area contributed by atoms with Crippen molar-refractivity contribution in [2.75, 3.05) is 61.9 Å². The molecular weight excluding hydrogens is 806 g/mol. The highest BCUT2D eigenvalue weighted by molar-refractivity contribution is 6.19. The largest absolute Gasteiger partial charge is 0.477 e. The van der Waals surface area contributed by atoms with Gasteiger partial charge in [-0.25, -0.2) is 17.9 Å². The van der Waals surface area contributed by atoms with Crippen molar-refractivity contribution in [1.29, 1.82) is 0 Å². The number of amides is 4. The third-order valence-electron chi connectivity index (χ3n) is 12.0. The van der Waals surface area contributed by atoms with E-state index in [0.29, 0.717) is 84.0 Å². The van der Waals surface area contributed by atoms with E-state index in [1.54, 1.807) is 55.3 Å². The molecule has 6 heterocycles. The minimum Gasteiger partial charge on any atom is -0.477 e. The number of pyridine rings is 1. The van der Waals surface area contributed by atoms with Crippen molar-refractivity contribution in [2.24, 2.45) is 18.0 Å². The van der Waals surface area contributed by atoms with Crippen LogP contribution in [0.5, 0.6) is 5.88 Å². The number of hydrogen-bond donors (Lipinski definition) is 3. The second-order valence-electron chi connectivity index (χ2n) is 16.5. The SMILES string of the molecule is Cc1cc2cc(n1)-c1cnn(C)c1OCCC[C@@H](C)CN1/C(=N/C2=O)Nc2ccc(C(=O)N(C)[C@H]3CCN(CCNc4cc(F)c([C@H]5CCC(=O)NC5=O)c(F)c4)C[C@H]3F)cc21. The van der Waals surface area contributed by atoms with Gasteiger partial charge >= 0.3 is 0 Å². The molecule has 2 bridgehead atoms. The van der Waals surface area contributed by atoms with E-state index in [4.69, 9.17) is 4.74 Å². The number of anilines is 3. The number of rotatable bonds is 7. The average molecular weight is 855 g/mol. The standard InChI is InChI=1S/C44H49F3N10O5/c1-24-6-5-15-62-43-30(21-49-55(43)4)35-17-27(16-25(2)50-35)40(59)53-44-51-34-9-7-26(18-37(34)57(44)22-24)42(61)54(3)36-11-13-56(23-33(36)47)14-12-48-28-19-31(45)39(32(46)20-28)29-8-10-38(58)52-41(29)60/h7,9,16-21,24,29,33,36,48H,5-6,8,10-15,22-23H2,1-4H3,(H,51,53,59)(H,52,58,60)/t24-,29-,33-,36+/m1/s1. The molecule has 2 aromatic carbocycles. The average Bonchev–Trinajstić information content (AvgIpc) is 3.76. The number of piperidine rings is 2. The van der Waals surface area contributed by atoms with Gasteiger partial charge in [0, 0.05) is 81.3 Å². The smallest absolute Gasteiger partial charge is 0.280 e. The zero-order chi connectivity index (χ0) is 43.8. The van der Waals surface area contributed by atoms with Gasteiger partial charge in [-0.1, -0.05) is 6.92 Å². The lowest BCUT2D eigenvalue weighted by atomic mass is 9.89. The molecule has 0 saturated carbocycles. The molecule has 0 spiro atoms. The number of nitrogens with zero attached hydrogens (tertiary/aromatic N) is 7. The number of fused-ring (bicyclic) bond motifs is 7. The summed E-state index contributed by atoms with van der Waals surface area (Å²) in [5.74, 6) is -3.85. The number of carbonyl (C=O) groups is 4. The topological polar surface area (TPSA) is 166 Å². The molecule has 18 heteroatoms. The molecule has 4 amide bonds. The predicted molar refractivity (Wildman–Crippen MR) is 226 cm³/mol. The highest BCUT2D eigenvalue weighted by Crippen LogP contribution is 2.37. The van der Waals surface area contributed by atoms with Gasteiger partial charge in [0.15, 0.2) is 0 Å². The number of aliphatic imine (C=N–C) groups is 1. The van der Waals surface area contributed by atoms with Crippen LogP contribution in [0.3, 0.4) is 0 Å². The molecule has 8 rings (SSSR count). The summed E-state index contributed by atoms with van der Waals surface area (Å²) in [6.07, 6.45) is 2.25. The summed E-state index contributed by atoms with van der Waals surface area (Å²) >= 11 is 0. The molecule has 4 aromatic rings. The van der Waals surface area contributed by atoms with Crippen LogP contribution in [-0.4, -0.2) is 113 Å². The molecule has 2 aromatic heterocycles. The first kappa shape index (κ1) is 42.4. The highest BCUT2D eigenvalue weighted by Gasteiger charge is 2.36. The number of guanidine groups is 1. The van der Waals surface area contributed by atoms with Gasteiger partial charge in [-0.2, -0.15) is 10.1 Å². The van der Waals surface area contributed by atoms with Crippen LogP contribution in [0.2, 0.25) is 0 Å². The summed E-state index contributed by atoms with van der Waals surface area (Å²) in [4.78, 5) is 66.0. The Bertz CT molecular complexity index is 2440. The first-order chi connectivity index (χ1) is 29.7. The molecule has 4 atom stereocenters. The first-order valence-electron chi connectivity index (χ1n) is 20.9. The van der Waals surface area contributed by atoms with Crippen molar-refractivity contribution >= 4 is 46.7 Å². The van der Waals surface area contributed by atoms with E-state index in [2.05, 4.69) is 37.9 Å². The number of ether oxygens (including phenoxy) is 1. The van der Waals surface area contributed by atoms with Gasteiger partial charge in [-0.15, -0.1) is 0 Å².